The second-order valence-electron chi connectivity index (χ2n) is 6.55. The van der Waals surface area contributed by atoms with Gasteiger partial charge >= 0.3 is 0 Å². The van der Waals surface area contributed by atoms with Gasteiger partial charge in [0.1, 0.15) is 5.75 Å². The highest BCUT2D eigenvalue weighted by Crippen LogP contribution is 2.16. The normalized spacial score (nSPS) is 11.4. The van der Waals surface area contributed by atoms with Crippen molar-refractivity contribution in [3.05, 3.63) is 102 Å². The van der Waals surface area contributed by atoms with Crippen LogP contribution in [0.4, 0.5) is 0 Å². The molecule has 0 aliphatic heterocycles. The van der Waals surface area contributed by atoms with Crippen LogP contribution in [0.15, 0.2) is 95.1 Å². The van der Waals surface area contributed by atoms with E-state index in [0.29, 0.717) is 23.0 Å². The molecule has 0 heterocycles. The molecular weight excluding hydrogens is 408 g/mol. The fourth-order valence-corrected chi connectivity index (χ4v) is 3.23. The number of thioether (sulfide) groups is 1. The zero-order chi connectivity index (χ0) is 21.7. The number of para-hydroxylation sites is 1. The summed E-state index contributed by atoms with van der Waals surface area (Å²) in [5, 5.41) is 11.3. The first-order valence-electron chi connectivity index (χ1n) is 9.76. The van der Waals surface area contributed by atoms with Crippen LogP contribution in [-0.2, 0) is 17.1 Å². The maximum absolute atomic E-state index is 12.1. The van der Waals surface area contributed by atoms with Gasteiger partial charge in [-0.1, -0.05) is 84.6 Å². The Morgan fingerprint density at radius 3 is 2.32 bits per heavy atom. The molecule has 3 aromatic carbocycles. The average molecular weight is 433 g/mol. The molecule has 3 aromatic rings. The maximum atomic E-state index is 12.1. The average Bonchev–Trinajstić information content (AvgIpc) is 2.82. The van der Waals surface area contributed by atoms with Crippen molar-refractivity contribution < 1.29 is 9.53 Å². The van der Waals surface area contributed by atoms with Gasteiger partial charge in [-0.2, -0.15) is 5.10 Å². The van der Waals surface area contributed by atoms with Crippen LogP contribution < -0.4 is 15.8 Å². The minimum Gasteiger partial charge on any atom is -0.483 e. The molecule has 0 spiro atoms. The van der Waals surface area contributed by atoms with Gasteiger partial charge < -0.3 is 15.8 Å². The summed E-state index contributed by atoms with van der Waals surface area (Å²) in [6.07, 6.45) is 1.56. The van der Waals surface area contributed by atoms with E-state index in [4.69, 9.17) is 10.5 Å². The highest BCUT2D eigenvalue weighted by Gasteiger charge is 2.06. The predicted molar refractivity (Wildman–Crippen MR) is 127 cm³/mol. The zero-order valence-corrected chi connectivity index (χ0v) is 17.8. The molecule has 0 bridgehead atoms. The first-order chi connectivity index (χ1) is 15.2. The smallest absolute Gasteiger partial charge is 0.258 e. The third-order valence-electron chi connectivity index (χ3n) is 4.19. The molecule has 3 N–H and O–H groups in total. The quantitative estimate of drug-likeness (QED) is 0.304. The Morgan fingerprint density at radius 2 is 1.58 bits per heavy atom. The zero-order valence-electron chi connectivity index (χ0n) is 17.0. The van der Waals surface area contributed by atoms with Crippen LogP contribution in [0.5, 0.6) is 5.75 Å². The lowest BCUT2D eigenvalue weighted by Crippen LogP contribution is -2.28. The van der Waals surface area contributed by atoms with E-state index in [-0.39, 0.29) is 12.5 Å². The molecule has 6 nitrogen and oxygen atoms in total. The van der Waals surface area contributed by atoms with E-state index >= 15 is 0 Å². The maximum Gasteiger partial charge on any atom is 0.258 e. The van der Waals surface area contributed by atoms with Crippen molar-refractivity contribution in [2.45, 2.75) is 12.3 Å². The monoisotopic (exact) mass is 432 g/mol. The van der Waals surface area contributed by atoms with Gasteiger partial charge in [0, 0.05) is 17.9 Å². The van der Waals surface area contributed by atoms with Crippen molar-refractivity contribution in [2.24, 2.45) is 15.9 Å². The largest absolute Gasteiger partial charge is 0.483 e. The van der Waals surface area contributed by atoms with Crippen molar-refractivity contribution in [3.8, 4) is 5.75 Å². The molecule has 31 heavy (non-hydrogen) atoms. The van der Waals surface area contributed by atoms with E-state index in [1.165, 1.54) is 17.3 Å². The standard InChI is InChI=1S/C24H24N4O2S/c25-24(31-18-20-11-5-2-6-12-20)28-27-16-21-13-7-8-14-22(21)30-17-23(29)26-15-19-9-3-1-4-10-19/h1-14,16H,15,17-18H2,(H2,25,28)(H,26,29). The number of amides is 1. The third-order valence-corrected chi connectivity index (χ3v) is 5.05. The van der Waals surface area contributed by atoms with Gasteiger partial charge in [-0.05, 0) is 23.3 Å². The van der Waals surface area contributed by atoms with Crippen molar-refractivity contribution in [1.29, 1.82) is 0 Å². The number of rotatable bonds is 9. The number of ether oxygens (including phenoxy) is 1. The van der Waals surface area contributed by atoms with Crippen LogP contribution in [0.3, 0.4) is 0 Å². The van der Waals surface area contributed by atoms with Crippen LogP contribution in [-0.4, -0.2) is 23.9 Å². The molecule has 158 valence electrons. The van der Waals surface area contributed by atoms with E-state index in [1.54, 1.807) is 12.3 Å². The predicted octanol–water partition coefficient (Wildman–Crippen LogP) is 3.96. The van der Waals surface area contributed by atoms with Crippen LogP contribution in [0.1, 0.15) is 16.7 Å². The van der Waals surface area contributed by atoms with Gasteiger partial charge in [-0.3, -0.25) is 4.79 Å². The first kappa shape index (κ1) is 22.1. The van der Waals surface area contributed by atoms with Gasteiger partial charge in [-0.25, -0.2) is 0 Å². The Morgan fingerprint density at radius 1 is 0.935 bits per heavy atom. The minimum atomic E-state index is -0.199. The molecule has 0 radical (unpaired) electrons. The Hall–Kier alpha value is -3.58. The lowest BCUT2D eigenvalue weighted by molar-refractivity contribution is -0.123. The number of nitrogens with two attached hydrogens (primary N) is 1. The number of benzene rings is 3. The van der Waals surface area contributed by atoms with Gasteiger partial charge in [-0.15, -0.1) is 5.10 Å². The molecule has 7 heteroatoms. The second kappa shape index (κ2) is 12.2. The Labute approximate surface area is 186 Å². The lowest BCUT2D eigenvalue weighted by Gasteiger charge is -2.09. The summed E-state index contributed by atoms with van der Waals surface area (Å²) < 4.78 is 5.66. The summed E-state index contributed by atoms with van der Waals surface area (Å²) in [6.45, 7) is 0.372. The van der Waals surface area contributed by atoms with Gasteiger partial charge in [0.15, 0.2) is 11.8 Å². The van der Waals surface area contributed by atoms with Crippen LogP contribution in [0, 0.1) is 0 Å². The van der Waals surface area contributed by atoms with Crippen LogP contribution in [0.25, 0.3) is 0 Å². The number of hydrogen-bond acceptors (Lipinski definition) is 5. The number of nitrogens with one attached hydrogen (secondary N) is 1. The first-order valence-corrected chi connectivity index (χ1v) is 10.7. The van der Waals surface area contributed by atoms with Crippen molar-refractivity contribution in [2.75, 3.05) is 6.61 Å². The topological polar surface area (TPSA) is 89.1 Å². The van der Waals surface area contributed by atoms with Gasteiger partial charge in [0.2, 0.25) is 0 Å². The highest BCUT2D eigenvalue weighted by molar-refractivity contribution is 8.13. The van der Waals surface area contributed by atoms with Crippen LogP contribution in [0.2, 0.25) is 0 Å². The summed E-state index contributed by atoms with van der Waals surface area (Å²) in [4.78, 5) is 12.1. The lowest BCUT2D eigenvalue weighted by atomic mass is 10.2. The fraction of sp³-hybridized carbons (Fsp3) is 0.125. The molecule has 0 saturated carbocycles. The molecule has 0 fully saturated rings. The van der Waals surface area contributed by atoms with Crippen molar-refractivity contribution in [1.82, 2.24) is 5.32 Å². The Balaban J connectivity index is 1.49. The van der Waals surface area contributed by atoms with E-state index in [1.807, 2.05) is 78.9 Å². The summed E-state index contributed by atoms with van der Waals surface area (Å²) >= 11 is 1.42. The molecule has 0 saturated heterocycles. The van der Waals surface area contributed by atoms with E-state index in [9.17, 15) is 4.79 Å². The fourth-order valence-electron chi connectivity index (χ4n) is 2.62. The van der Waals surface area contributed by atoms with Gasteiger partial charge in [0.05, 0.1) is 6.21 Å². The van der Waals surface area contributed by atoms with Gasteiger partial charge in [0.25, 0.3) is 5.91 Å². The highest BCUT2D eigenvalue weighted by atomic mass is 32.2. The summed E-state index contributed by atoms with van der Waals surface area (Å²) in [6, 6.07) is 27.0. The van der Waals surface area contributed by atoms with E-state index in [0.717, 1.165) is 11.3 Å². The number of amidine groups is 1. The molecule has 0 atom stereocenters. The molecule has 0 unspecified atom stereocenters. The minimum absolute atomic E-state index is 0.0873. The number of carbonyl (C=O) groups is 1. The summed E-state index contributed by atoms with van der Waals surface area (Å²) in [7, 11) is 0. The van der Waals surface area contributed by atoms with Crippen LogP contribution >= 0.6 is 11.8 Å². The Bertz CT molecular complexity index is 1020. The van der Waals surface area contributed by atoms with Crippen molar-refractivity contribution in [3.63, 3.8) is 0 Å². The number of nitrogens with zero attached hydrogens (tertiary/aromatic N) is 2. The molecule has 3 rings (SSSR count). The molecular formula is C24H24N4O2S. The van der Waals surface area contributed by atoms with E-state index < -0.39 is 0 Å². The van der Waals surface area contributed by atoms with E-state index in [2.05, 4.69) is 15.5 Å². The Kier molecular flexibility index (Phi) is 8.70. The number of carbonyl (C=O) groups excluding carboxylic acids is 1. The number of hydrogen-bond donors (Lipinski definition) is 2. The molecule has 0 aromatic heterocycles. The summed E-state index contributed by atoms with van der Waals surface area (Å²) in [5.41, 5.74) is 8.83. The molecule has 0 aliphatic rings. The third kappa shape index (κ3) is 7.98. The molecule has 1 amide bonds. The second-order valence-corrected chi connectivity index (χ2v) is 7.54. The molecule has 0 aliphatic carbocycles. The summed E-state index contributed by atoms with van der Waals surface area (Å²) in [5.74, 6) is 1.07. The SMILES string of the molecule is NC(=NN=Cc1ccccc1OCC(=O)NCc1ccccc1)SCc1ccccc1. The van der Waals surface area contributed by atoms with Crippen molar-refractivity contribution >= 4 is 29.1 Å².